The number of hydrogen-bond acceptors (Lipinski definition) is 5. The molecule has 2 aromatic carbocycles. The summed E-state index contributed by atoms with van der Waals surface area (Å²) in [5.41, 5.74) is 2.68. The van der Waals surface area contributed by atoms with Gasteiger partial charge in [-0.25, -0.2) is 4.98 Å². The number of rotatable bonds is 13. The van der Waals surface area contributed by atoms with Crippen LogP contribution in [0, 0.1) is 0 Å². The fourth-order valence-corrected chi connectivity index (χ4v) is 4.03. The predicted octanol–water partition coefficient (Wildman–Crippen LogP) is 5.01. The first kappa shape index (κ1) is 24.4. The van der Waals surface area contributed by atoms with Crippen LogP contribution in [0.4, 0.5) is 0 Å². The molecule has 3 aromatic rings. The number of carbonyl (C=O) groups excluding carboxylic acids is 1. The van der Waals surface area contributed by atoms with Crippen molar-refractivity contribution in [3.8, 4) is 17.2 Å². The maximum absolute atomic E-state index is 12.7. The number of fused-ring (bicyclic) bond motifs is 1. The lowest BCUT2D eigenvalue weighted by Gasteiger charge is -2.14. The van der Waals surface area contributed by atoms with Gasteiger partial charge >= 0.3 is 0 Å². The molecular formula is C26H35N3O4. The van der Waals surface area contributed by atoms with Gasteiger partial charge in [-0.2, -0.15) is 0 Å². The molecule has 1 aromatic heterocycles. The first-order valence-corrected chi connectivity index (χ1v) is 11.6. The van der Waals surface area contributed by atoms with Crippen molar-refractivity contribution in [2.24, 2.45) is 0 Å². The molecule has 0 spiro atoms. The van der Waals surface area contributed by atoms with E-state index in [0.29, 0.717) is 29.4 Å². The molecule has 0 aliphatic rings. The number of benzene rings is 2. The highest BCUT2D eigenvalue weighted by molar-refractivity contribution is 5.95. The van der Waals surface area contributed by atoms with E-state index in [1.165, 1.54) is 46.1 Å². The minimum atomic E-state index is -0.178. The molecule has 3 rings (SSSR count). The third kappa shape index (κ3) is 5.97. The van der Waals surface area contributed by atoms with Crippen molar-refractivity contribution in [2.75, 3.05) is 27.9 Å². The van der Waals surface area contributed by atoms with Gasteiger partial charge in [-0.3, -0.25) is 4.79 Å². The van der Waals surface area contributed by atoms with E-state index in [1.54, 1.807) is 12.1 Å². The molecule has 0 saturated heterocycles. The van der Waals surface area contributed by atoms with Gasteiger partial charge in [0.2, 0.25) is 5.75 Å². The predicted molar refractivity (Wildman–Crippen MR) is 131 cm³/mol. The number of aromatic nitrogens is 2. The van der Waals surface area contributed by atoms with E-state index < -0.39 is 0 Å². The number of aryl methyl sites for hydroxylation is 2. The smallest absolute Gasteiger partial charge is 0.251 e. The van der Waals surface area contributed by atoms with Gasteiger partial charge in [0, 0.05) is 25.1 Å². The summed E-state index contributed by atoms with van der Waals surface area (Å²) in [7, 11) is 4.61. The average molecular weight is 454 g/mol. The van der Waals surface area contributed by atoms with E-state index in [1.807, 2.05) is 6.07 Å². The topological polar surface area (TPSA) is 74.6 Å². The fraction of sp³-hybridized carbons (Fsp3) is 0.462. The lowest BCUT2D eigenvalue weighted by atomic mass is 10.1. The molecule has 1 N–H and O–H groups in total. The second kappa shape index (κ2) is 12.1. The molecule has 1 heterocycles. The Morgan fingerprint density at radius 2 is 1.70 bits per heavy atom. The Kier molecular flexibility index (Phi) is 8.98. The third-order valence-corrected chi connectivity index (χ3v) is 5.76. The number of imidazole rings is 1. The Bertz CT molecular complexity index is 1040. The summed E-state index contributed by atoms with van der Waals surface area (Å²) in [5.74, 6) is 2.28. The minimum absolute atomic E-state index is 0.178. The number of ether oxygens (including phenoxy) is 3. The van der Waals surface area contributed by atoms with E-state index in [4.69, 9.17) is 19.2 Å². The van der Waals surface area contributed by atoms with Gasteiger partial charge in [-0.1, -0.05) is 38.3 Å². The number of unbranched alkanes of at least 4 members (excludes halogenated alkanes) is 3. The largest absolute Gasteiger partial charge is 0.493 e. The number of methoxy groups -OCH3 is 3. The Hall–Kier alpha value is -3.22. The van der Waals surface area contributed by atoms with E-state index in [-0.39, 0.29) is 5.91 Å². The first-order valence-electron chi connectivity index (χ1n) is 11.6. The zero-order valence-electron chi connectivity index (χ0n) is 20.1. The molecule has 0 bridgehead atoms. The van der Waals surface area contributed by atoms with Crippen molar-refractivity contribution in [3.05, 3.63) is 47.8 Å². The van der Waals surface area contributed by atoms with Crippen LogP contribution in [-0.4, -0.2) is 43.3 Å². The standard InChI is InChI=1S/C26H35N3O4/c1-5-6-7-10-16-29-21-13-9-8-12-20(21)28-24(29)14-11-15-27-26(30)19-17-22(31-2)25(33-4)23(18-19)32-3/h8-9,12-13,17-18H,5-7,10-11,14-16H2,1-4H3,(H,27,30). The van der Waals surface area contributed by atoms with Crippen molar-refractivity contribution in [1.29, 1.82) is 0 Å². The molecule has 0 aliphatic heterocycles. The molecule has 0 atom stereocenters. The number of amides is 1. The number of nitrogens with zero attached hydrogens (tertiary/aromatic N) is 2. The molecule has 7 nitrogen and oxygen atoms in total. The molecule has 0 aliphatic carbocycles. The summed E-state index contributed by atoms with van der Waals surface area (Å²) >= 11 is 0. The number of carbonyl (C=O) groups is 1. The van der Waals surface area contributed by atoms with Gasteiger partial charge in [0.15, 0.2) is 11.5 Å². The van der Waals surface area contributed by atoms with Gasteiger partial charge in [0.05, 0.1) is 32.4 Å². The summed E-state index contributed by atoms with van der Waals surface area (Å²) < 4.78 is 18.4. The highest BCUT2D eigenvalue weighted by atomic mass is 16.5. The Morgan fingerprint density at radius 1 is 0.970 bits per heavy atom. The molecule has 0 saturated carbocycles. The van der Waals surface area contributed by atoms with Crippen molar-refractivity contribution >= 4 is 16.9 Å². The fourth-order valence-electron chi connectivity index (χ4n) is 4.03. The van der Waals surface area contributed by atoms with Crippen LogP contribution in [0.15, 0.2) is 36.4 Å². The van der Waals surface area contributed by atoms with Crippen LogP contribution in [0.5, 0.6) is 17.2 Å². The summed E-state index contributed by atoms with van der Waals surface area (Å²) in [4.78, 5) is 17.6. The molecule has 33 heavy (non-hydrogen) atoms. The van der Waals surface area contributed by atoms with E-state index >= 15 is 0 Å². The Morgan fingerprint density at radius 3 is 2.36 bits per heavy atom. The van der Waals surface area contributed by atoms with Gasteiger partial charge in [0.1, 0.15) is 5.82 Å². The van der Waals surface area contributed by atoms with Gasteiger partial charge in [-0.05, 0) is 37.1 Å². The minimum Gasteiger partial charge on any atom is -0.493 e. The number of nitrogens with one attached hydrogen (secondary N) is 1. The van der Waals surface area contributed by atoms with Crippen molar-refractivity contribution in [2.45, 2.75) is 52.0 Å². The number of para-hydroxylation sites is 2. The maximum atomic E-state index is 12.7. The van der Waals surface area contributed by atoms with Crippen LogP contribution < -0.4 is 19.5 Å². The summed E-state index contributed by atoms with van der Waals surface area (Å²) in [6.45, 7) is 3.76. The van der Waals surface area contributed by atoms with E-state index in [2.05, 4.69) is 35.0 Å². The highest BCUT2D eigenvalue weighted by Crippen LogP contribution is 2.38. The second-order valence-electron chi connectivity index (χ2n) is 8.00. The molecule has 178 valence electrons. The van der Waals surface area contributed by atoms with Crippen LogP contribution in [0.1, 0.15) is 55.2 Å². The van der Waals surface area contributed by atoms with Gasteiger partial charge < -0.3 is 24.1 Å². The Balaban J connectivity index is 1.62. The zero-order chi connectivity index (χ0) is 23.6. The summed E-state index contributed by atoms with van der Waals surface area (Å²) in [6, 6.07) is 11.6. The summed E-state index contributed by atoms with van der Waals surface area (Å²) in [6.07, 6.45) is 6.47. The number of hydrogen-bond donors (Lipinski definition) is 1. The molecular weight excluding hydrogens is 418 g/mol. The van der Waals surface area contributed by atoms with Crippen LogP contribution in [-0.2, 0) is 13.0 Å². The van der Waals surface area contributed by atoms with Crippen LogP contribution in [0.2, 0.25) is 0 Å². The highest BCUT2D eigenvalue weighted by Gasteiger charge is 2.17. The molecule has 1 amide bonds. The van der Waals surface area contributed by atoms with Crippen molar-refractivity contribution in [1.82, 2.24) is 14.9 Å². The van der Waals surface area contributed by atoms with Crippen LogP contribution >= 0.6 is 0 Å². The lowest BCUT2D eigenvalue weighted by Crippen LogP contribution is -2.25. The molecule has 0 radical (unpaired) electrons. The zero-order valence-corrected chi connectivity index (χ0v) is 20.1. The normalized spacial score (nSPS) is 10.9. The SMILES string of the molecule is CCCCCCn1c(CCCNC(=O)c2cc(OC)c(OC)c(OC)c2)nc2ccccc21. The molecule has 0 fully saturated rings. The first-order chi connectivity index (χ1) is 16.1. The van der Waals surface area contributed by atoms with Crippen LogP contribution in [0.3, 0.4) is 0 Å². The summed E-state index contributed by atoms with van der Waals surface area (Å²) in [5, 5.41) is 2.99. The van der Waals surface area contributed by atoms with E-state index in [9.17, 15) is 4.79 Å². The Labute approximate surface area is 196 Å². The van der Waals surface area contributed by atoms with Gasteiger partial charge in [0.25, 0.3) is 5.91 Å². The second-order valence-corrected chi connectivity index (χ2v) is 8.00. The third-order valence-electron chi connectivity index (χ3n) is 5.76. The van der Waals surface area contributed by atoms with Crippen molar-refractivity contribution in [3.63, 3.8) is 0 Å². The van der Waals surface area contributed by atoms with Crippen molar-refractivity contribution < 1.29 is 19.0 Å². The lowest BCUT2D eigenvalue weighted by molar-refractivity contribution is 0.0952. The quantitative estimate of drug-likeness (QED) is 0.369. The van der Waals surface area contributed by atoms with Crippen LogP contribution in [0.25, 0.3) is 11.0 Å². The van der Waals surface area contributed by atoms with E-state index in [0.717, 1.165) is 37.1 Å². The molecule has 0 unspecified atom stereocenters. The monoisotopic (exact) mass is 453 g/mol. The molecule has 7 heteroatoms. The maximum Gasteiger partial charge on any atom is 0.251 e. The average Bonchev–Trinajstić information content (AvgIpc) is 3.20. The van der Waals surface area contributed by atoms with Gasteiger partial charge in [-0.15, -0.1) is 0 Å².